The van der Waals surface area contributed by atoms with Gasteiger partial charge >= 0.3 is 0 Å². The second-order valence-electron chi connectivity index (χ2n) is 3.69. The molecular weight excluding hydrogens is 210 g/mol. The van der Waals surface area contributed by atoms with E-state index in [1.165, 1.54) is 11.5 Å². The summed E-state index contributed by atoms with van der Waals surface area (Å²) in [6.45, 7) is 5.20. The predicted octanol–water partition coefficient (Wildman–Crippen LogP) is 2.06. The van der Waals surface area contributed by atoms with E-state index in [0.29, 0.717) is 5.92 Å². The SMILES string of the molecule is CCCC(CCO)CNc1nc(C)ns1. The van der Waals surface area contributed by atoms with Gasteiger partial charge in [-0.2, -0.15) is 4.37 Å². The number of nitrogens with one attached hydrogen (secondary N) is 1. The molecule has 0 aliphatic rings. The lowest BCUT2D eigenvalue weighted by Crippen LogP contribution is -2.15. The van der Waals surface area contributed by atoms with Crippen molar-refractivity contribution in [3.8, 4) is 0 Å². The maximum absolute atomic E-state index is 8.91. The second-order valence-corrected chi connectivity index (χ2v) is 4.45. The molecule has 0 bridgehead atoms. The van der Waals surface area contributed by atoms with Crippen LogP contribution in [0.4, 0.5) is 5.13 Å². The number of rotatable bonds is 7. The summed E-state index contributed by atoms with van der Waals surface area (Å²) in [4.78, 5) is 4.24. The van der Waals surface area contributed by atoms with Crippen LogP contribution in [0, 0.1) is 12.8 Å². The fraction of sp³-hybridized carbons (Fsp3) is 0.800. The maximum atomic E-state index is 8.91. The van der Waals surface area contributed by atoms with Crippen LogP contribution in [0.2, 0.25) is 0 Å². The van der Waals surface area contributed by atoms with Crippen LogP contribution in [-0.2, 0) is 0 Å². The summed E-state index contributed by atoms with van der Waals surface area (Å²) in [6.07, 6.45) is 3.16. The molecule has 0 radical (unpaired) electrons. The minimum Gasteiger partial charge on any atom is -0.396 e. The molecule has 0 saturated heterocycles. The largest absolute Gasteiger partial charge is 0.396 e. The van der Waals surface area contributed by atoms with Gasteiger partial charge in [0.2, 0.25) is 5.13 Å². The van der Waals surface area contributed by atoms with E-state index in [0.717, 1.165) is 36.8 Å². The Labute approximate surface area is 94.9 Å². The molecule has 0 fully saturated rings. The zero-order valence-corrected chi connectivity index (χ0v) is 10.2. The molecule has 0 spiro atoms. The van der Waals surface area contributed by atoms with Gasteiger partial charge in [0, 0.05) is 24.7 Å². The fourth-order valence-corrected chi connectivity index (χ4v) is 2.12. The van der Waals surface area contributed by atoms with Gasteiger partial charge in [0.1, 0.15) is 5.82 Å². The van der Waals surface area contributed by atoms with E-state index >= 15 is 0 Å². The number of aliphatic hydroxyl groups is 1. The lowest BCUT2D eigenvalue weighted by atomic mass is 10.0. The molecule has 1 aromatic heterocycles. The van der Waals surface area contributed by atoms with Crippen LogP contribution < -0.4 is 5.32 Å². The van der Waals surface area contributed by atoms with E-state index in [4.69, 9.17) is 5.11 Å². The Kier molecular flexibility index (Phi) is 5.57. The first-order valence-electron chi connectivity index (χ1n) is 5.41. The summed E-state index contributed by atoms with van der Waals surface area (Å²) in [5, 5.41) is 13.1. The number of aliphatic hydroxyl groups excluding tert-OH is 1. The minimum atomic E-state index is 0.265. The third-order valence-corrected chi connectivity index (χ3v) is 3.07. The van der Waals surface area contributed by atoms with Crippen LogP contribution in [0.1, 0.15) is 32.0 Å². The average Bonchev–Trinajstić information content (AvgIpc) is 2.61. The zero-order chi connectivity index (χ0) is 11.1. The molecule has 2 N–H and O–H groups in total. The van der Waals surface area contributed by atoms with E-state index in [-0.39, 0.29) is 6.61 Å². The Balaban J connectivity index is 2.32. The van der Waals surface area contributed by atoms with Gasteiger partial charge in [0.15, 0.2) is 0 Å². The molecule has 0 aliphatic heterocycles. The van der Waals surface area contributed by atoms with Crippen LogP contribution in [0.15, 0.2) is 0 Å². The lowest BCUT2D eigenvalue weighted by molar-refractivity contribution is 0.255. The quantitative estimate of drug-likeness (QED) is 0.751. The Hall–Kier alpha value is -0.680. The summed E-state index contributed by atoms with van der Waals surface area (Å²) < 4.78 is 4.11. The summed E-state index contributed by atoms with van der Waals surface area (Å²) in [6, 6.07) is 0. The minimum absolute atomic E-state index is 0.265. The van der Waals surface area contributed by atoms with Gasteiger partial charge < -0.3 is 10.4 Å². The Morgan fingerprint density at radius 3 is 2.80 bits per heavy atom. The number of aromatic nitrogens is 2. The van der Waals surface area contributed by atoms with Crippen molar-refractivity contribution in [2.24, 2.45) is 5.92 Å². The molecule has 1 atom stereocenters. The van der Waals surface area contributed by atoms with Crippen molar-refractivity contribution in [3.63, 3.8) is 0 Å². The maximum Gasteiger partial charge on any atom is 0.202 e. The third-order valence-electron chi connectivity index (χ3n) is 2.30. The fourth-order valence-electron chi connectivity index (χ4n) is 1.54. The van der Waals surface area contributed by atoms with E-state index in [9.17, 15) is 0 Å². The highest BCUT2D eigenvalue weighted by Crippen LogP contribution is 2.14. The van der Waals surface area contributed by atoms with Gasteiger partial charge in [-0.1, -0.05) is 13.3 Å². The molecule has 0 amide bonds. The molecular formula is C10H19N3OS. The molecule has 86 valence electrons. The molecule has 0 aromatic carbocycles. The van der Waals surface area contributed by atoms with Crippen molar-refractivity contribution in [1.82, 2.24) is 9.36 Å². The molecule has 1 aromatic rings. The van der Waals surface area contributed by atoms with Gasteiger partial charge in [-0.05, 0) is 25.7 Å². The van der Waals surface area contributed by atoms with Crippen molar-refractivity contribution >= 4 is 16.7 Å². The van der Waals surface area contributed by atoms with Gasteiger partial charge in [-0.25, -0.2) is 4.98 Å². The first-order chi connectivity index (χ1) is 7.26. The van der Waals surface area contributed by atoms with Crippen molar-refractivity contribution in [2.45, 2.75) is 33.1 Å². The number of nitrogens with zero attached hydrogens (tertiary/aromatic N) is 2. The first kappa shape index (κ1) is 12.4. The van der Waals surface area contributed by atoms with E-state index in [1.807, 2.05) is 6.92 Å². The van der Waals surface area contributed by atoms with Crippen LogP contribution in [0.5, 0.6) is 0 Å². The molecule has 0 saturated carbocycles. The number of hydrogen-bond donors (Lipinski definition) is 2. The highest BCUT2D eigenvalue weighted by Gasteiger charge is 2.08. The summed E-state index contributed by atoms with van der Waals surface area (Å²) in [5.74, 6) is 1.35. The molecule has 1 unspecified atom stereocenters. The monoisotopic (exact) mass is 229 g/mol. The lowest BCUT2D eigenvalue weighted by Gasteiger charge is -2.14. The summed E-state index contributed by atoms with van der Waals surface area (Å²) >= 11 is 1.39. The number of aryl methyl sites for hydroxylation is 1. The van der Waals surface area contributed by atoms with Gasteiger partial charge in [-0.3, -0.25) is 0 Å². The van der Waals surface area contributed by atoms with Crippen molar-refractivity contribution in [2.75, 3.05) is 18.5 Å². The first-order valence-corrected chi connectivity index (χ1v) is 6.18. The van der Waals surface area contributed by atoms with Gasteiger partial charge in [-0.15, -0.1) is 0 Å². The normalized spacial score (nSPS) is 12.7. The predicted molar refractivity (Wildman–Crippen MR) is 63.2 cm³/mol. The summed E-state index contributed by atoms with van der Waals surface area (Å²) in [7, 11) is 0. The Morgan fingerprint density at radius 1 is 1.47 bits per heavy atom. The van der Waals surface area contributed by atoms with E-state index in [2.05, 4.69) is 21.6 Å². The standard InChI is InChI=1S/C10H19N3OS/c1-3-4-9(5-6-14)7-11-10-12-8(2)13-15-10/h9,14H,3-7H2,1-2H3,(H,11,12,13). The highest BCUT2D eigenvalue weighted by atomic mass is 32.1. The molecule has 4 nitrogen and oxygen atoms in total. The van der Waals surface area contributed by atoms with Crippen molar-refractivity contribution in [3.05, 3.63) is 5.82 Å². The Morgan fingerprint density at radius 2 is 2.27 bits per heavy atom. The third kappa shape index (κ3) is 4.57. The molecule has 1 rings (SSSR count). The molecule has 15 heavy (non-hydrogen) atoms. The van der Waals surface area contributed by atoms with Crippen molar-refractivity contribution < 1.29 is 5.11 Å². The van der Waals surface area contributed by atoms with Crippen LogP contribution in [0.3, 0.4) is 0 Å². The summed E-state index contributed by atoms with van der Waals surface area (Å²) in [5.41, 5.74) is 0. The highest BCUT2D eigenvalue weighted by molar-refractivity contribution is 7.09. The average molecular weight is 229 g/mol. The van der Waals surface area contributed by atoms with E-state index in [1.54, 1.807) is 0 Å². The Bertz CT molecular complexity index is 271. The van der Waals surface area contributed by atoms with Crippen LogP contribution in [-0.4, -0.2) is 27.6 Å². The zero-order valence-electron chi connectivity index (χ0n) is 9.36. The van der Waals surface area contributed by atoms with Gasteiger partial charge in [0.05, 0.1) is 0 Å². The molecule has 0 aliphatic carbocycles. The molecule has 5 heteroatoms. The van der Waals surface area contributed by atoms with E-state index < -0.39 is 0 Å². The van der Waals surface area contributed by atoms with Crippen LogP contribution >= 0.6 is 11.5 Å². The topological polar surface area (TPSA) is 58.0 Å². The van der Waals surface area contributed by atoms with Gasteiger partial charge in [0.25, 0.3) is 0 Å². The number of hydrogen-bond acceptors (Lipinski definition) is 5. The number of anilines is 1. The molecule has 1 heterocycles. The van der Waals surface area contributed by atoms with Crippen LogP contribution in [0.25, 0.3) is 0 Å². The smallest absolute Gasteiger partial charge is 0.202 e. The van der Waals surface area contributed by atoms with Crippen molar-refractivity contribution in [1.29, 1.82) is 0 Å². The second kappa shape index (κ2) is 6.74.